The monoisotopic (exact) mass is 883 g/mol. The molecule has 2 N–H and O–H groups in total. The third-order valence-electron chi connectivity index (χ3n) is 9.88. The van der Waals surface area contributed by atoms with E-state index in [9.17, 15) is 27.6 Å². The number of alkyl halides is 3. The fourth-order valence-corrected chi connectivity index (χ4v) is 6.77. The van der Waals surface area contributed by atoms with Crippen LogP contribution in [0.3, 0.4) is 0 Å². The smallest absolute Gasteiger partial charge is 0.433 e. The normalized spacial score (nSPS) is 11.8. The molecular weight excluding hydrogens is 844 g/mol. The van der Waals surface area contributed by atoms with Crippen LogP contribution in [-0.4, -0.2) is 61.1 Å². The first-order valence-electron chi connectivity index (χ1n) is 20.2. The van der Waals surface area contributed by atoms with Gasteiger partial charge in [-0.2, -0.15) is 23.4 Å². The van der Waals surface area contributed by atoms with Gasteiger partial charge in [0.1, 0.15) is 17.2 Å². The molecule has 1 aromatic heterocycles. The second-order valence-corrected chi connectivity index (χ2v) is 14.5. The maximum atomic E-state index is 14.0. The highest BCUT2D eigenvalue weighted by atomic mass is 19.4. The zero-order valence-corrected chi connectivity index (χ0v) is 34.7. The van der Waals surface area contributed by atoms with Crippen molar-refractivity contribution in [1.29, 1.82) is 0 Å². The predicted molar refractivity (Wildman–Crippen MR) is 233 cm³/mol. The van der Waals surface area contributed by atoms with Crippen LogP contribution in [0.25, 0.3) is 21.6 Å². The lowest BCUT2D eigenvalue weighted by atomic mass is 10.1. The van der Waals surface area contributed by atoms with Gasteiger partial charge in [-0.3, -0.25) is 9.59 Å². The van der Waals surface area contributed by atoms with E-state index in [1.807, 2.05) is 48.5 Å². The highest BCUT2D eigenvalue weighted by molar-refractivity contribution is 5.95. The van der Waals surface area contributed by atoms with Crippen molar-refractivity contribution in [3.05, 3.63) is 177 Å². The van der Waals surface area contributed by atoms with Crippen molar-refractivity contribution < 1.29 is 41.8 Å². The van der Waals surface area contributed by atoms with Crippen molar-refractivity contribution in [1.82, 2.24) is 20.5 Å². The Balaban J connectivity index is 0.892. The standard InChI is InChI=1S/C47H40F3N9O6/c1-59(46(62)65-43-39-12-4-2-10-37(39)38-11-3-5-13-40(38)43)29-30-26-41(47(48,49)50)55-42(27-30)64-36-9-6-8-32(28-36)45(61)53-24-23-52-44(60)31-14-16-33(17-15-31)56-57-34-18-20-35(21-19-34)63-25-7-22-54-58-51/h2-6,8-21,26-28,43H,7,22-25,29H2,1H3,(H,52,60)(H,53,61)/b57-56+. The fraction of sp³-hybridized carbons (Fsp3) is 0.191. The average molecular weight is 884 g/mol. The number of ether oxygens (including phenoxy) is 3. The number of halogens is 3. The van der Waals surface area contributed by atoms with Crippen LogP contribution in [0, 0.1) is 0 Å². The molecule has 0 bridgehead atoms. The molecule has 0 unspecified atom stereocenters. The van der Waals surface area contributed by atoms with Gasteiger partial charge in [-0.1, -0.05) is 59.7 Å². The summed E-state index contributed by atoms with van der Waals surface area (Å²) in [5.41, 5.74) is 12.3. The molecule has 7 rings (SSSR count). The number of pyridine rings is 1. The van der Waals surface area contributed by atoms with Gasteiger partial charge in [0, 0.05) is 66.5 Å². The number of azide groups is 1. The quantitative estimate of drug-likeness (QED) is 0.0394. The van der Waals surface area contributed by atoms with E-state index in [-0.39, 0.29) is 42.4 Å². The van der Waals surface area contributed by atoms with Crippen molar-refractivity contribution in [2.75, 3.05) is 33.3 Å². The van der Waals surface area contributed by atoms with E-state index in [1.165, 1.54) is 42.3 Å². The van der Waals surface area contributed by atoms with Crippen molar-refractivity contribution in [2.45, 2.75) is 25.2 Å². The number of aromatic nitrogens is 1. The second-order valence-electron chi connectivity index (χ2n) is 14.5. The number of carbonyl (C=O) groups is 3. The van der Waals surface area contributed by atoms with E-state index in [0.717, 1.165) is 28.3 Å². The number of hydrogen-bond acceptors (Lipinski definition) is 10. The lowest BCUT2D eigenvalue weighted by Gasteiger charge is -2.22. The van der Waals surface area contributed by atoms with E-state index in [2.05, 4.69) is 35.9 Å². The molecule has 0 spiro atoms. The second kappa shape index (κ2) is 20.8. The van der Waals surface area contributed by atoms with Crippen LogP contribution in [0.5, 0.6) is 17.4 Å². The number of amides is 3. The molecule has 0 radical (unpaired) electrons. The number of carbonyl (C=O) groups excluding carboxylic acids is 3. The summed E-state index contributed by atoms with van der Waals surface area (Å²) >= 11 is 0. The number of benzene rings is 5. The van der Waals surface area contributed by atoms with E-state index >= 15 is 0 Å². The van der Waals surface area contributed by atoms with Crippen molar-refractivity contribution in [3.8, 4) is 28.5 Å². The summed E-state index contributed by atoms with van der Waals surface area (Å²) < 4.78 is 59.3. The van der Waals surface area contributed by atoms with Crippen LogP contribution >= 0.6 is 0 Å². The van der Waals surface area contributed by atoms with Crippen LogP contribution in [0.2, 0.25) is 0 Å². The summed E-state index contributed by atoms with van der Waals surface area (Å²) in [6, 6.07) is 36.4. The molecule has 15 nitrogen and oxygen atoms in total. The molecule has 6 aromatic rings. The lowest BCUT2D eigenvalue weighted by Crippen LogP contribution is -2.34. The Morgan fingerprint density at radius 2 is 1.37 bits per heavy atom. The van der Waals surface area contributed by atoms with Gasteiger partial charge in [-0.15, -0.1) is 0 Å². The molecule has 0 fully saturated rings. The Morgan fingerprint density at radius 3 is 2.00 bits per heavy atom. The minimum atomic E-state index is -4.83. The minimum Gasteiger partial charge on any atom is -0.494 e. The fourth-order valence-electron chi connectivity index (χ4n) is 6.77. The predicted octanol–water partition coefficient (Wildman–Crippen LogP) is 10.9. The first-order valence-corrected chi connectivity index (χ1v) is 20.2. The number of nitrogens with zero attached hydrogens (tertiary/aromatic N) is 7. The molecule has 0 saturated heterocycles. The first-order chi connectivity index (χ1) is 31.4. The number of fused-ring (bicyclic) bond motifs is 3. The van der Waals surface area contributed by atoms with Gasteiger partial charge in [-0.25, -0.2) is 9.78 Å². The Labute approximate surface area is 370 Å². The van der Waals surface area contributed by atoms with Crippen LogP contribution in [0.4, 0.5) is 29.3 Å². The van der Waals surface area contributed by atoms with Crippen molar-refractivity contribution in [3.63, 3.8) is 0 Å². The molecule has 5 aromatic carbocycles. The third-order valence-corrected chi connectivity index (χ3v) is 9.88. The van der Waals surface area contributed by atoms with Gasteiger partial charge in [0.15, 0.2) is 6.10 Å². The molecular formula is C47H40F3N9O6. The maximum Gasteiger partial charge on any atom is 0.433 e. The molecule has 1 aliphatic carbocycles. The van der Waals surface area contributed by atoms with Gasteiger partial charge in [0.2, 0.25) is 5.88 Å². The molecule has 3 amide bonds. The number of rotatable bonds is 17. The summed E-state index contributed by atoms with van der Waals surface area (Å²) in [7, 11) is 1.42. The first kappa shape index (κ1) is 44.8. The minimum absolute atomic E-state index is 0.0391. The molecule has 330 valence electrons. The summed E-state index contributed by atoms with van der Waals surface area (Å²) in [6.45, 7) is 0.667. The Morgan fingerprint density at radius 1 is 0.754 bits per heavy atom. The Kier molecular flexibility index (Phi) is 14.3. The SMILES string of the molecule is CN(Cc1cc(Oc2cccc(C(=O)NCCNC(=O)c3ccc(/N=N/c4ccc(OCCCN=[N+]=[N-])cc4)cc3)c2)nc(C(F)(F)F)c1)C(=O)OC1c2ccccc2-c2ccccc21. The Bertz CT molecular complexity index is 2700. The van der Waals surface area contributed by atoms with Crippen molar-refractivity contribution >= 4 is 29.3 Å². The van der Waals surface area contributed by atoms with Crippen LogP contribution in [-0.2, 0) is 17.5 Å². The third kappa shape index (κ3) is 11.8. The summed E-state index contributed by atoms with van der Waals surface area (Å²) in [5, 5.41) is 17.3. The number of hydrogen-bond donors (Lipinski definition) is 2. The lowest BCUT2D eigenvalue weighted by molar-refractivity contribution is -0.141. The van der Waals surface area contributed by atoms with E-state index in [0.29, 0.717) is 42.3 Å². The Hall–Kier alpha value is -8.24. The van der Waals surface area contributed by atoms with E-state index in [1.54, 1.807) is 48.5 Å². The number of azo groups is 1. The highest BCUT2D eigenvalue weighted by Crippen LogP contribution is 2.45. The van der Waals surface area contributed by atoms with Gasteiger partial charge >= 0.3 is 12.3 Å². The van der Waals surface area contributed by atoms with Gasteiger partial charge in [0.05, 0.1) is 18.0 Å². The molecule has 65 heavy (non-hydrogen) atoms. The van der Waals surface area contributed by atoms with Crippen LogP contribution in [0.1, 0.15) is 55.6 Å². The average Bonchev–Trinajstić information content (AvgIpc) is 3.62. The zero-order valence-electron chi connectivity index (χ0n) is 34.7. The summed E-state index contributed by atoms with van der Waals surface area (Å²) in [6.07, 6.45) is -5.67. The topological polar surface area (TPSA) is 193 Å². The van der Waals surface area contributed by atoms with Gasteiger partial charge < -0.3 is 29.7 Å². The molecule has 0 saturated carbocycles. The number of nitrogens with one attached hydrogen (secondary N) is 2. The highest BCUT2D eigenvalue weighted by Gasteiger charge is 2.35. The largest absolute Gasteiger partial charge is 0.494 e. The molecule has 0 atom stereocenters. The van der Waals surface area contributed by atoms with Crippen LogP contribution in [0.15, 0.2) is 149 Å². The van der Waals surface area contributed by atoms with Gasteiger partial charge in [0.25, 0.3) is 11.8 Å². The van der Waals surface area contributed by atoms with E-state index < -0.39 is 35.9 Å². The molecule has 18 heteroatoms. The molecule has 1 heterocycles. The zero-order chi connectivity index (χ0) is 45.8. The maximum absolute atomic E-state index is 14.0. The van der Waals surface area contributed by atoms with Crippen LogP contribution < -0.4 is 20.1 Å². The molecule has 0 aliphatic heterocycles. The molecule has 1 aliphatic rings. The van der Waals surface area contributed by atoms with E-state index in [4.69, 9.17) is 19.7 Å². The van der Waals surface area contributed by atoms with Gasteiger partial charge in [-0.05, 0) is 101 Å². The van der Waals surface area contributed by atoms with Crippen molar-refractivity contribution in [2.24, 2.45) is 15.3 Å². The summed E-state index contributed by atoms with van der Waals surface area (Å²) in [5.74, 6) is -0.619. The summed E-state index contributed by atoms with van der Waals surface area (Å²) in [4.78, 5) is 46.6.